The molecule has 2 N–H and O–H groups in total. The van der Waals surface area contributed by atoms with Crippen molar-refractivity contribution in [3.8, 4) is 0 Å². The molecule has 0 aromatic rings. The van der Waals surface area contributed by atoms with E-state index in [4.69, 9.17) is 0 Å². The number of hydrogen-bond acceptors (Lipinski definition) is 2. The van der Waals surface area contributed by atoms with Gasteiger partial charge in [-0.1, -0.05) is 26.2 Å². The van der Waals surface area contributed by atoms with Crippen molar-refractivity contribution in [1.29, 1.82) is 0 Å². The molecule has 0 heterocycles. The predicted octanol–water partition coefficient (Wildman–Crippen LogP) is 2.95. The van der Waals surface area contributed by atoms with E-state index in [0.29, 0.717) is 12.5 Å². The van der Waals surface area contributed by atoms with Crippen molar-refractivity contribution in [3.05, 3.63) is 0 Å². The lowest BCUT2D eigenvalue weighted by atomic mass is 9.79. The number of nitrogens with one attached hydrogen (secondary N) is 1. The molecule has 0 saturated heterocycles. The molecule has 0 aromatic heterocycles. The molecule has 4 atom stereocenters. The Bertz CT molecular complexity index is 219. The number of hydrogen-bond donors (Lipinski definition) is 2. The minimum Gasteiger partial charge on any atom is -0.396 e. The van der Waals surface area contributed by atoms with Crippen LogP contribution in [0.4, 0.5) is 0 Å². The van der Waals surface area contributed by atoms with Gasteiger partial charge in [-0.05, 0) is 56.4 Å². The van der Waals surface area contributed by atoms with Crippen molar-refractivity contribution in [2.45, 2.75) is 64.3 Å². The van der Waals surface area contributed by atoms with Gasteiger partial charge in [-0.15, -0.1) is 0 Å². The molecule has 17 heavy (non-hydrogen) atoms. The Morgan fingerprint density at radius 3 is 2.47 bits per heavy atom. The Morgan fingerprint density at radius 1 is 1.06 bits per heavy atom. The van der Waals surface area contributed by atoms with Crippen molar-refractivity contribution in [3.63, 3.8) is 0 Å². The molecule has 0 radical (unpaired) electrons. The molecule has 0 amide bonds. The van der Waals surface area contributed by atoms with Crippen LogP contribution in [0, 0.1) is 17.8 Å². The van der Waals surface area contributed by atoms with Crippen LogP contribution in [0.1, 0.15) is 58.3 Å². The summed E-state index contributed by atoms with van der Waals surface area (Å²) < 4.78 is 0. The van der Waals surface area contributed by atoms with Gasteiger partial charge in [-0.25, -0.2) is 0 Å². The van der Waals surface area contributed by atoms with E-state index >= 15 is 0 Å². The summed E-state index contributed by atoms with van der Waals surface area (Å²) in [4.78, 5) is 0. The molecule has 2 aliphatic carbocycles. The normalized spacial score (nSPS) is 38.5. The first kappa shape index (κ1) is 13.4. The Labute approximate surface area is 106 Å². The minimum atomic E-state index is 0.397. The molecule has 100 valence electrons. The summed E-state index contributed by atoms with van der Waals surface area (Å²) in [5.74, 6) is 2.27. The third-order valence-electron chi connectivity index (χ3n) is 5.09. The first-order chi connectivity index (χ1) is 8.33. The molecule has 0 spiro atoms. The maximum absolute atomic E-state index is 9.41. The molecular weight excluding hydrogens is 210 g/mol. The molecule has 0 aliphatic heterocycles. The van der Waals surface area contributed by atoms with Crippen molar-refractivity contribution in [2.75, 3.05) is 13.2 Å². The van der Waals surface area contributed by atoms with Crippen LogP contribution in [0.3, 0.4) is 0 Å². The van der Waals surface area contributed by atoms with Gasteiger partial charge in [0.15, 0.2) is 0 Å². The van der Waals surface area contributed by atoms with E-state index in [1.54, 1.807) is 0 Å². The highest BCUT2D eigenvalue weighted by Gasteiger charge is 2.27. The number of aliphatic hydroxyl groups excluding tert-OH is 1. The van der Waals surface area contributed by atoms with E-state index in [9.17, 15) is 5.11 Å². The highest BCUT2D eigenvalue weighted by atomic mass is 16.3. The topological polar surface area (TPSA) is 32.3 Å². The molecule has 0 aromatic carbocycles. The van der Waals surface area contributed by atoms with E-state index in [-0.39, 0.29) is 0 Å². The monoisotopic (exact) mass is 239 g/mol. The number of rotatable bonds is 5. The van der Waals surface area contributed by atoms with Crippen LogP contribution in [0.15, 0.2) is 0 Å². The van der Waals surface area contributed by atoms with E-state index in [2.05, 4.69) is 12.2 Å². The average molecular weight is 239 g/mol. The molecule has 4 unspecified atom stereocenters. The van der Waals surface area contributed by atoms with Gasteiger partial charge in [-0.3, -0.25) is 0 Å². The Balaban J connectivity index is 1.70. The van der Waals surface area contributed by atoms with Crippen LogP contribution in [-0.4, -0.2) is 24.3 Å². The lowest BCUT2D eigenvalue weighted by molar-refractivity contribution is 0.131. The van der Waals surface area contributed by atoms with Gasteiger partial charge in [0.1, 0.15) is 0 Å². The third kappa shape index (κ3) is 3.69. The van der Waals surface area contributed by atoms with Crippen molar-refractivity contribution >= 4 is 0 Å². The third-order valence-corrected chi connectivity index (χ3v) is 5.09. The van der Waals surface area contributed by atoms with E-state index in [0.717, 1.165) is 24.4 Å². The summed E-state index contributed by atoms with van der Waals surface area (Å²) in [6.45, 7) is 3.86. The molecule has 2 rings (SSSR count). The van der Waals surface area contributed by atoms with Crippen LogP contribution in [-0.2, 0) is 0 Å². The molecule has 2 nitrogen and oxygen atoms in total. The fourth-order valence-corrected chi connectivity index (χ4v) is 3.74. The van der Waals surface area contributed by atoms with Crippen LogP contribution < -0.4 is 5.32 Å². The maximum Gasteiger partial charge on any atom is 0.0462 e. The lowest BCUT2D eigenvalue weighted by Crippen LogP contribution is -2.36. The van der Waals surface area contributed by atoms with Crippen LogP contribution >= 0.6 is 0 Å². The van der Waals surface area contributed by atoms with Gasteiger partial charge in [0.25, 0.3) is 0 Å². The van der Waals surface area contributed by atoms with Gasteiger partial charge in [0.2, 0.25) is 0 Å². The van der Waals surface area contributed by atoms with Crippen molar-refractivity contribution in [2.24, 2.45) is 17.8 Å². The zero-order chi connectivity index (χ0) is 12.1. The summed E-state index contributed by atoms with van der Waals surface area (Å²) in [6, 6.07) is 0.765. The molecule has 2 fully saturated rings. The SMILES string of the molecule is CCC1CCC(NCC2CCCCC2CO)C1. The van der Waals surface area contributed by atoms with E-state index < -0.39 is 0 Å². The highest BCUT2D eigenvalue weighted by Crippen LogP contribution is 2.31. The summed E-state index contributed by atoms with van der Waals surface area (Å²) in [5.41, 5.74) is 0. The zero-order valence-electron chi connectivity index (χ0n) is 11.3. The quantitative estimate of drug-likeness (QED) is 0.773. The number of aliphatic hydroxyl groups is 1. The Hall–Kier alpha value is -0.0800. The van der Waals surface area contributed by atoms with Gasteiger partial charge in [0.05, 0.1) is 0 Å². The summed E-state index contributed by atoms with van der Waals surface area (Å²) >= 11 is 0. The minimum absolute atomic E-state index is 0.397. The zero-order valence-corrected chi connectivity index (χ0v) is 11.3. The van der Waals surface area contributed by atoms with Crippen LogP contribution in [0.2, 0.25) is 0 Å². The van der Waals surface area contributed by atoms with Gasteiger partial charge >= 0.3 is 0 Å². The first-order valence-electron chi connectivity index (χ1n) is 7.67. The van der Waals surface area contributed by atoms with Crippen molar-refractivity contribution < 1.29 is 5.11 Å². The largest absolute Gasteiger partial charge is 0.396 e. The van der Waals surface area contributed by atoms with Crippen LogP contribution in [0.5, 0.6) is 0 Å². The molecule has 0 bridgehead atoms. The van der Waals surface area contributed by atoms with Crippen molar-refractivity contribution in [1.82, 2.24) is 5.32 Å². The molecular formula is C15H29NO. The predicted molar refractivity (Wildman–Crippen MR) is 72.0 cm³/mol. The van der Waals surface area contributed by atoms with Crippen LogP contribution in [0.25, 0.3) is 0 Å². The second kappa shape index (κ2) is 6.75. The van der Waals surface area contributed by atoms with E-state index in [1.165, 1.54) is 51.4 Å². The van der Waals surface area contributed by atoms with E-state index in [1.807, 2.05) is 0 Å². The fourth-order valence-electron chi connectivity index (χ4n) is 3.74. The lowest BCUT2D eigenvalue weighted by Gasteiger charge is -2.31. The Kier molecular flexibility index (Phi) is 5.30. The fraction of sp³-hybridized carbons (Fsp3) is 1.00. The average Bonchev–Trinajstić information content (AvgIpc) is 2.84. The second-order valence-electron chi connectivity index (χ2n) is 6.18. The maximum atomic E-state index is 9.41. The van der Waals surface area contributed by atoms with Gasteiger partial charge in [-0.2, -0.15) is 0 Å². The Morgan fingerprint density at radius 2 is 1.82 bits per heavy atom. The standard InChI is InChI=1S/C15H29NO/c1-2-12-7-8-15(9-12)16-10-13-5-3-4-6-14(13)11-17/h12-17H,2-11H2,1H3. The van der Waals surface area contributed by atoms with Gasteiger partial charge in [0, 0.05) is 12.6 Å². The second-order valence-corrected chi connectivity index (χ2v) is 6.18. The smallest absolute Gasteiger partial charge is 0.0462 e. The van der Waals surface area contributed by atoms with Gasteiger partial charge < -0.3 is 10.4 Å². The highest BCUT2D eigenvalue weighted by molar-refractivity contribution is 4.83. The summed E-state index contributed by atoms with van der Waals surface area (Å²) in [5, 5.41) is 13.2. The summed E-state index contributed by atoms with van der Waals surface area (Å²) in [7, 11) is 0. The summed E-state index contributed by atoms with van der Waals surface area (Å²) in [6.07, 6.45) is 10.8. The molecule has 2 aliphatic rings. The first-order valence-corrected chi connectivity index (χ1v) is 7.67. The molecule has 2 saturated carbocycles. The molecule has 2 heteroatoms.